The molecule has 0 aromatic carbocycles. The summed E-state index contributed by atoms with van der Waals surface area (Å²) in [5.41, 5.74) is 1.27. The summed E-state index contributed by atoms with van der Waals surface area (Å²) in [7, 11) is 0. The Morgan fingerprint density at radius 1 is 1.53 bits per heavy atom. The molecule has 2 aliphatic heterocycles. The van der Waals surface area contributed by atoms with Crippen LogP contribution in [0.25, 0.3) is 0 Å². The van der Waals surface area contributed by atoms with Crippen molar-refractivity contribution in [3.05, 3.63) is 21.9 Å². The highest BCUT2D eigenvalue weighted by Gasteiger charge is 2.33. The number of hydrogen-bond acceptors (Lipinski definition) is 4. The molecule has 1 aromatic heterocycles. The van der Waals surface area contributed by atoms with Gasteiger partial charge in [-0.25, -0.2) is 0 Å². The molecule has 3 heterocycles. The van der Waals surface area contributed by atoms with Crippen LogP contribution in [0.15, 0.2) is 11.4 Å². The number of carbonyl (C=O) groups is 1. The lowest BCUT2D eigenvalue weighted by atomic mass is 10.1. The van der Waals surface area contributed by atoms with E-state index >= 15 is 0 Å². The van der Waals surface area contributed by atoms with Crippen molar-refractivity contribution >= 4 is 41.4 Å². The van der Waals surface area contributed by atoms with Gasteiger partial charge < -0.3 is 10.2 Å². The van der Waals surface area contributed by atoms with Gasteiger partial charge in [0.05, 0.1) is 0 Å². The molecule has 1 saturated heterocycles. The summed E-state index contributed by atoms with van der Waals surface area (Å²) in [6, 6.07) is 2.46. The SMILES string of the molecule is C[C@@H]1CNCCN1C(=O)C1SCCc2sccc21.Cl. The van der Waals surface area contributed by atoms with Crippen LogP contribution in [0.4, 0.5) is 0 Å². The summed E-state index contributed by atoms with van der Waals surface area (Å²) >= 11 is 3.61. The van der Waals surface area contributed by atoms with Gasteiger partial charge in [-0.3, -0.25) is 4.79 Å². The third-order valence-electron chi connectivity index (χ3n) is 3.68. The largest absolute Gasteiger partial charge is 0.336 e. The van der Waals surface area contributed by atoms with Gasteiger partial charge >= 0.3 is 0 Å². The molecule has 3 nitrogen and oxygen atoms in total. The van der Waals surface area contributed by atoms with Crippen molar-refractivity contribution in [2.24, 2.45) is 0 Å². The van der Waals surface area contributed by atoms with E-state index in [0.717, 1.165) is 31.8 Å². The number of thioether (sulfide) groups is 1. The van der Waals surface area contributed by atoms with Gasteiger partial charge in [-0.1, -0.05) is 0 Å². The molecule has 2 atom stereocenters. The number of hydrogen-bond donors (Lipinski definition) is 1. The van der Waals surface area contributed by atoms with E-state index in [2.05, 4.69) is 28.6 Å². The summed E-state index contributed by atoms with van der Waals surface area (Å²) in [6.07, 6.45) is 1.12. The fourth-order valence-corrected chi connectivity index (χ4v) is 5.03. The first-order valence-corrected chi connectivity index (χ1v) is 8.39. The highest BCUT2D eigenvalue weighted by molar-refractivity contribution is 8.00. The van der Waals surface area contributed by atoms with Crippen molar-refractivity contribution in [3.63, 3.8) is 0 Å². The van der Waals surface area contributed by atoms with Gasteiger partial charge in [0, 0.05) is 30.6 Å². The number of carbonyl (C=O) groups excluding carboxylic acids is 1. The maximum atomic E-state index is 12.7. The lowest BCUT2D eigenvalue weighted by Gasteiger charge is -2.37. The molecular weight excluding hydrogens is 300 g/mol. The highest BCUT2D eigenvalue weighted by atomic mass is 35.5. The van der Waals surface area contributed by atoms with E-state index < -0.39 is 0 Å². The zero-order valence-corrected chi connectivity index (χ0v) is 13.4. The molecule has 1 amide bonds. The van der Waals surface area contributed by atoms with Crippen LogP contribution in [0, 0.1) is 0 Å². The third-order valence-corrected chi connectivity index (χ3v) is 5.91. The number of thiophene rings is 1. The Kier molecular flexibility index (Phi) is 5.17. The minimum absolute atomic E-state index is 0. The van der Waals surface area contributed by atoms with Crippen molar-refractivity contribution < 1.29 is 4.79 Å². The van der Waals surface area contributed by atoms with Gasteiger partial charge in [0.15, 0.2) is 0 Å². The molecule has 1 fully saturated rings. The molecule has 0 aliphatic carbocycles. The van der Waals surface area contributed by atoms with E-state index in [1.807, 2.05) is 11.8 Å². The smallest absolute Gasteiger partial charge is 0.240 e. The number of nitrogens with zero attached hydrogens (tertiary/aromatic N) is 1. The fourth-order valence-electron chi connectivity index (χ4n) is 2.67. The number of amides is 1. The van der Waals surface area contributed by atoms with Crippen LogP contribution in [-0.4, -0.2) is 42.2 Å². The minimum Gasteiger partial charge on any atom is -0.336 e. The minimum atomic E-state index is 0. The summed E-state index contributed by atoms with van der Waals surface area (Å²) < 4.78 is 0. The first-order chi connectivity index (χ1) is 8.77. The summed E-state index contributed by atoms with van der Waals surface area (Å²) in [4.78, 5) is 16.2. The Hall–Kier alpha value is -0.230. The van der Waals surface area contributed by atoms with Gasteiger partial charge in [-0.15, -0.1) is 35.5 Å². The van der Waals surface area contributed by atoms with E-state index in [9.17, 15) is 4.79 Å². The van der Waals surface area contributed by atoms with Crippen LogP contribution < -0.4 is 5.32 Å². The molecule has 1 N–H and O–H groups in total. The molecule has 19 heavy (non-hydrogen) atoms. The topological polar surface area (TPSA) is 32.3 Å². The van der Waals surface area contributed by atoms with Gasteiger partial charge in [-0.05, 0) is 36.1 Å². The molecule has 106 valence electrons. The lowest BCUT2D eigenvalue weighted by Crippen LogP contribution is -2.53. The van der Waals surface area contributed by atoms with E-state index in [1.165, 1.54) is 10.4 Å². The first kappa shape index (κ1) is 15.2. The quantitative estimate of drug-likeness (QED) is 0.862. The Balaban J connectivity index is 0.00000133. The molecule has 0 spiro atoms. The average molecular weight is 319 g/mol. The van der Waals surface area contributed by atoms with Crippen molar-refractivity contribution in [2.45, 2.75) is 24.6 Å². The molecule has 0 saturated carbocycles. The summed E-state index contributed by atoms with van der Waals surface area (Å²) in [5.74, 6) is 1.39. The molecule has 3 rings (SSSR count). The van der Waals surface area contributed by atoms with E-state index in [1.54, 1.807) is 11.3 Å². The van der Waals surface area contributed by atoms with Crippen LogP contribution in [0.3, 0.4) is 0 Å². The predicted octanol–water partition coefficient (Wildman–Crippen LogP) is 2.32. The molecular formula is C13H19ClN2OS2. The Labute approximate surface area is 128 Å². The predicted molar refractivity (Wildman–Crippen MR) is 84.5 cm³/mol. The van der Waals surface area contributed by atoms with Crippen molar-refractivity contribution in [3.8, 4) is 0 Å². The van der Waals surface area contributed by atoms with Crippen molar-refractivity contribution in [1.29, 1.82) is 0 Å². The Bertz CT molecular complexity index is 452. The van der Waals surface area contributed by atoms with Crippen LogP contribution in [-0.2, 0) is 11.2 Å². The summed E-state index contributed by atoms with van der Waals surface area (Å²) in [6.45, 7) is 4.81. The third kappa shape index (κ3) is 2.94. The van der Waals surface area contributed by atoms with Crippen LogP contribution in [0.5, 0.6) is 0 Å². The average Bonchev–Trinajstić information content (AvgIpc) is 2.86. The van der Waals surface area contributed by atoms with E-state index in [4.69, 9.17) is 0 Å². The Morgan fingerprint density at radius 3 is 3.16 bits per heavy atom. The first-order valence-electron chi connectivity index (χ1n) is 6.46. The number of rotatable bonds is 1. The zero-order chi connectivity index (χ0) is 12.5. The van der Waals surface area contributed by atoms with Gasteiger partial charge in [0.1, 0.15) is 5.25 Å². The zero-order valence-electron chi connectivity index (χ0n) is 10.9. The molecule has 0 radical (unpaired) electrons. The number of aryl methyl sites for hydroxylation is 1. The number of nitrogens with one attached hydrogen (secondary N) is 1. The summed E-state index contributed by atoms with van der Waals surface area (Å²) in [5, 5.41) is 5.50. The van der Waals surface area contributed by atoms with Crippen LogP contribution in [0.1, 0.15) is 22.6 Å². The molecule has 0 bridgehead atoms. The maximum absolute atomic E-state index is 12.7. The maximum Gasteiger partial charge on any atom is 0.240 e. The number of piperazine rings is 1. The molecule has 1 unspecified atom stereocenters. The molecule has 2 aliphatic rings. The second kappa shape index (κ2) is 6.48. The van der Waals surface area contributed by atoms with Crippen molar-refractivity contribution in [2.75, 3.05) is 25.4 Å². The van der Waals surface area contributed by atoms with Gasteiger partial charge in [0.2, 0.25) is 5.91 Å². The lowest BCUT2D eigenvalue weighted by molar-refractivity contribution is -0.133. The standard InChI is InChI=1S/C13H18N2OS2.ClH/c1-9-8-14-4-5-15(9)13(16)12-10-2-6-17-11(10)3-7-18-12;/h2,6,9,12,14H,3-5,7-8H2,1H3;1H/t9-,12?;/m1./s1. The Morgan fingerprint density at radius 2 is 2.37 bits per heavy atom. The molecule has 1 aromatic rings. The highest BCUT2D eigenvalue weighted by Crippen LogP contribution is 2.40. The number of fused-ring (bicyclic) bond motifs is 1. The second-order valence-electron chi connectivity index (χ2n) is 4.88. The van der Waals surface area contributed by atoms with E-state index in [0.29, 0.717) is 11.9 Å². The second-order valence-corrected chi connectivity index (χ2v) is 7.10. The fraction of sp³-hybridized carbons (Fsp3) is 0.615. The van der Waals surface area contributed by atoms with Crippen LogP contribution >= 0.6 is 35.5 Å². The van der Waals surface area contributed by atoms with Gasteiger partial charge in [0.25, 0.3) is 0 Å². The van der Waals surface area contributed by atoms with Gasteiger partial charge in [-0.2, -0.15) is 0 Å². The van der Waals surface area contributed by atoms with Crippen molar-refractivity contribution in [1.82, 2.24) is 10.2 Å². The number of halogens is 1. The van der Waals surface area contributed by atoms with Crippen LogP contribution in [0.2, 0.25) is 0 Å². The monoisotopic (exact) mass is 318 g/mol. The normalized spacial score (nSPS) is 26.5. The molecule has 6 heteroatoms. The van der Waals surface area contributed by atoms with E-state index in [-0.39, 0.29) is 17.7 Å².